The second-order valence-electron chi connectivity index (χ2n) is 6.19. The number of halogens is 2. The molecule has 3 rings (SSSR count). The zero-order chi connectivity index (χ0) is 17.1. The minimum Gasteiger partial charge on any atom is -0.323 e. The number of nitrogens with one attached hydrogen (secondary N) is 1. The molecule has 126 valence electrons. The second kappa shape index (κ2) is 7.81. The summed E-state index contributed by atoms with van der Waals surface area (Å²) in [5, 5.41) is 3.03. The molecule has 0 saturated carbocycles. The number of carbonyl (C=O) groups is 1. The Balaban J connectivity index is 1.69. The van der Waals surface area contributed by atoms with Gasteiger partial charge in [0.15, 0.2) is 0 Å². The van der Waals surface area contributed by atoms with Gasteiger partial charge in [0.2, 0.25) is 5.91 Å². The lowest BCUT2D eigenvalue weighted by Crippen LogP contribution is -2.33. The van der Waals surface area contributed by atoms with Crippen LogP contribution >= 0.6 is 31.9 Å². The minimum atomic E-state index is 0.0167. The van der Waals surface area contributed by atoms with E-state index in [2.05, 4.69) is 66.3 Å². The monoisotopic (exact) mass is 450 g/mol. The van der Waals surface area contributed by atoms with Crippen molar-refractivity contribution in [2.45, 2.75) is 25.8 Å². The van der Waals surface area contributed by atoms with Crippen LogP contribution in [0.2, 0.25) is 0 Å². The van der Waals surface area contributed by atoms with E-state index in [1.54, 1.807) is 0 Å². The van der Waals surface area contributed by atoms with Crippen molar-refractivity contribution in [1.82, 2.24) is 4.90 Å². The maximum absolute atomic E-state index is 12.5. The fourth-order valence-corrected chi connectivity index (χ4v) is 4.86. The number of anilines is 1. The molecule has 1 fully saturated rings. The van der Waals surface area contributed by atoms with Gasteiger partial charge in [0.05, 0.1) is 12.2 Å². The summed E-state index contributed by atoms with van der Waals surface area (Å²) in [6.45, 7) is 3.39. The van der Waals surface area contributed by atoms with E-state index in [0.29, 0.717) is 12.6 Å². The van der Waals surface area contributed by atoms with E-state index < -0.39 is 0 Å². The summed E-state index contributed by atoms with van der Waals surface area (Å²) in [5.74, 6) is 0.0167. The highest BCUT2D eigenvalue weighted by molar-refractivity contribution is 9.11. The number of amides is 1. The van der Waals surface area contributed by atoms with Crippen LogP contribution < -0.4 is 5.32 Å². The molecular formula is C19H20Br2N2O. The number of hydrogen-bond acceptors (Lipinski definition) is 2. The molecule has 2 aromatic carbocycles. The largest absolute Gasteiger partial charge is 0.323 e. The molecule has 1 amide bonds. The molecular weight excluding hydrogens is 432 g/mol. The van der Waals surface area contributed by atoms with Crippen LogP contribution in [0.5, 0.6) is 0 Å². The predicted molar refractivity (Wildman–Crippen MR) is 105 cm³/mol. The van der Waals surface area contributed by atoms with E-state index in [4.69, 9.17) is 0 Å². The average molecular weight is 452 g/mol. The molecule has 1 aliphatic heterocycles. The zero-order valence-corrected chi connectivity index (χ0v) is 16.7. The second-order valence-corrected chi connectivity index (χ2v) is 7.90. The Morgan fingerprint density at radius 2 is 1.88 bits per heavy atom. The van der Waals surface area contributed by atoms with Crippen LogP contribution in [0.1, 0.15) is 30.0 Å². The first-order valence-electron chi connectivity index (χ1n) is 8.09. The number of hydrogen-bond donors (Lipinski definition) is 1. The molecule has 5 heteroatoms. The first-order valence-corrected chi connectivity index (χ1v) is 9.67. The van der Waals surface area contributed by atoms with Crippen LogP contribution in [0.25, 0.3) is 0 Å². The molecule has 1 atom stereocenters. The van der Waals surface area contributed by atoms with Crippen molar-refractivity contribution < 1.29 is 4.79 Å². The third-order valence-electron chi connectivity index (χ3n) is 4.35. The van der Waals surface area contributed by atoms with Gasteiger partial charge in [-0.1, -0.05) is 30.3 Å². The maximum atomic E-state index is 12.5. The first kappa shape index (κ1) is 17.6. The number of nitrogens with zero attached hydrogens (tertiary/aromatic N) is 1. The number of carbonyl (C=O) groups excluding carboxylic acids is 1. The highest BCUT2D eigenvalue weighted by Crippen LogP contribution is 2.34. The van der Waals surface area contributed by atoms with Crippen molar-refractivity contribution in [3.8, 4) is 0 Å². The summed E-state index contributed by atoms with van der Waals surface area (Å²) in [7, 11) is 0. The molecule has 3 nitrogen and oxygen atoms in total. The molecule has 1 saturated heterocycles. The summed E-state index contributed by atoms with van der Waals surface area (Å²) < 4.78 is 1.78. The van der Waals surface area contributed by atoms with Gasteiger partial charge in [0.25, 0.3) is 0 Å². The minimum absolute atomic E-state index is 0.0167. The van der Waals surface area contributed by atoms with Crippen molar-refractivity contribution in [3.63, 3.8) is 0 Å². The molecule has 0 radical (unpaired) electrons. The lowest BCUT2D eigenvalue weighted by Gasteiger charge is -2.24. The maximum Gasteiger partial charge on any atom is 0.238 e. The molecule has 1 N–H and O–H groups in total. The Hall–Kier alpha value is -1.17. The van der Waals surface area contributed by atoms with Gasteiger partial charge in [-0.25, -0.2) is 0 Å². The normalized spacial score (nSPS) is 17.9. The Bertz CT molecular complexity index is 710. The van der Waals surface area contributed by atoms with Gasteiger partial charge in [-0.15, -0.1) is 0 Å². The fraction of sp³-hybridized carbons (Fsp3) is 0.316. The van der Waals surface area contributed by atoms with Gasteiger partial charge < -0.3 is 5.32 Å². The molecule has 1 heterocycles. The van der Waals surface area contributed by atoms with Crippen LogP contribution in [0.3, 0.4) is 0 Å². The molecule has 0 unspecified atom stereocenters. The SMILES string of the molecule is Cc1cc(Br)c(NC(=O)CN2CCC[C@H]2c2ccccc2)c(Br)c1. The van der Waals surface area contributed by atoms with E-state index in [1.165, 1.54) is 5.56 Å². The zero-order valence-electron chi connectivity index (χ0n) is 13.6. The summed E-state index contributed by atoms with van der Waals surface area (Å²) in [4.78, 5) is 14.8. The highest BCUT2D eigenvalue weighted by Gasteiger charge is 2.27. The Morgan fingerprint density at radius 3 is 2.54 bits per heavy atom. The topological polar surface area (TPSA) is 32.3 Å². The molecule has 0 aliphatic carbocycles. The van der Waals surface area contributed by atoms with Crippen molar-refractivity contribution in [2.75, 3.05) is 18.4 Å². The smallest absolute Gasteiger partial charge is 0.238 e. The van der Waals surface area contributed by atoms with Gasteiger partial charge in [0.1, 0.15) is 0 Å². The van der Waals surface area contributed by atoms with Crippen molar-refractivity contribution >= 4 is 43.5 Å². The standard InChI is InChI=1S/C19H20Br2N2O/c1-13-10-15(20)19(16(21)11-13)22-18(24)12-23-9-5-8-17(23)14-6-3-2-4-7-14/h2-4,6-7,10-11,17H,5,8-9,12H2,1H3,(H,22,24)/t17-/m0/s1. The third kappa shape index (κ3) is 4.08. The van der Waals surface area contributed by atoms with E-state index in [9.17, 15) is 4.79 Å². The Labute approximate surface area is 159 Å². The number of aryl methyl sites for hydroxylation is 1. The van der Waals surface area contributed by atoms with Gasteiger partial charge in [-0.2, -0.15) is 0 Å². The van der Waals surface area contributed by atoms with Crippen LogP contribution in [-0.2, 0) is 4.79 Å². The number of likely N-dealkylation sites (tertiary alicyclic amines) is 1. The highest BCUT2D eigenvalue weighted by atomic mass is 79.9. The lowest BCUT2D eigenvalue weighted by molar-refractivity contribution is -0.117. The van der Waals surface area contributed by atoms with Gasteiger partial charge >= 0.3 is 0 Å². The van der Waals surface area contributed by atoms with Crippen LogP contribution in [0.15, 0.2) is 51.4 Å². The predicted octanol–water partition coefficient (Wildman–Crippen LogP) is 5.30. The summed E-state index contributed by atoms with van der Waals surface area (Å²) in [6.07, 6.45) is 2.24. The van der Waals surface area contributed by atoms with Crippen LogP contribution in [0.4, 0.5) is 5.69 Å². The Kier molecular flexibility index (Phi) is 5.74. The molecule has 0 aromatic heterocycles. The van der Waals surface area contributed by atoms with E-state index >= 15 is 0 Å². The van der Waals surface area contributed by atoms with Gasteiger partial charge in [0, 0.05) is 15.0 Å². The average Bonchev–Trinajstić information content (AvgIpc) is 3.00. The molecule has 0 bridgehead atoms. The van der Waals surface area contributed by atoms with Gasteiger partial charge in [-0.05, 0) is 81.4 Å². The van der Waals surface area contributed by atoms with Gasteiger partial charge in [-0.3, -0.25) is 9.69 Å². The Morgan fingerprint density at radius 1 is 1.21 bits per heavy atom. The van der Waals surface area contributed by atoms with Crippen molar-refractivity contribution in [2.24, 2.45) is 0 Å². The van der Waals surface area contributed by atoms with Crippen molar-refractivity contribution in [1.29, 1.82) is 0 Å². The summed E-state index contributed by atoms with van der Waals surface area (Å²) in [6, 6.07) is 14.8. The molecule has 1 aliphatic rings. The van der Waals surface area contributed by atoms with E-state index in [0.717, 1.165) is 39.6 Å². The summed E-state index contributed by atoms with van der Waals surface area (Å²) >= 11 is 7.06. The fourth-order valence-electron chi connectivity index (χ4n) is 3.25. The first-order chi connectivity index (χ1) is 11.5. The van der Waals surface area contributed by atoms with Crippen molar-refractivity contribution in [3.05, 3.63) is 62.5 Å². The lowest BCUT2D eigenvalue weighted by atomic mass is 10.0. The summed E-state index contributed by atoms with van der Waals surface area (Å²) in [5.41, 5.74) is 3.22. The third-order valence-corrected chi connectivity index (χ3v) is 5.60. The van der Waals surface area contributed by atoms with E-state index in [1.807, 2.05) is 25.1 Å². The molecule has 0 spiro atoms. The van der Waals surface area contributed by atoms with E-state index in [-0.39, 0.29) is 5.91 Å². The number of rotatable bonds is 4. The quantitative estimate of drug-likeness (QED) is 0.684. The van der Waals surface area contributed by atoms with Crippen LogP contribution in [0, 0.1) is 6.92 Å². The number of benzene rings is 2. The molecule has 24 heavy (non-hydrogen) atoms. The molecule has 2 aromatic rings. The van der Waals surface area contributed by atoms with Crippen LogP contribution in [-0.4, -0.2) is 23.9 Å².